The number of carbonyl (C=O) groups excluding carboxylic acids is 1. The predicted octanol–water partition coefficient (Wildman–Crippen LogP) is 3.95. The lowest BCUT2D eigenvalue weighted by molar-refractivity contribution is -0.137. The Morgan fingerprint density at radius 3 is 2.24 bits per heavy atom. The van der Waals surface area contributed by atoms with Crippen molar-refractivity contribution in [1.82, 2.24) is 0 Å². The molecule has 1 saturated heterocycles. The third kappa shape index (κ3) is 3.45. The lowest BCUT2D eigenvalue weighted by Crippen LogP contribution is -2.44. The Morgan fingerprint density at radius 2 is 1.72 bits per heavy atom. The number of thiocarbonyl (C=S) groups is 1. The summed E-state index contributed by atoms with van der Waals surface area (Å²) in [6.45, 7) is 3.64. The molecule has 9 heteroatoms. The fraction of sp³-hybridized carbons (Fsp3) is 0.250. The van der Waals surface area contributed by atoms with Crippen LogP contribution in [0.1, 0.15) is 30.5 Å². The fourth-order valence-corrected chi connectivity index (χ4v) is 3.76. The molecule has 0 radical (unpaired) electrons. The van der Waals surface area contributed by atoms with E-state index in [2.05, 4.69) is 0 Å². The molecule has 5 nitrogen and oxygen atoms in total. The minimum absolute atomic E-state index is 0.0412. The van der Waals surface area contributed by atoms with Gasteiger partial charge in [-0.1, -0.05) is 12.1 Å². The SMILES string of the molecule is CC1(C)C(=O)N(c2ccc(C#N)c(C(F)(F)F)c2)C(=S)N1c1ccc(CN)cc1. The molecule has 29 heavy (non-hydrogen) atoms. The molecule has 0 aromatic heterocycles. The summed E-state index contributed by atoms with van der Waals surface area (Å²) in [5.41, 5.74) is 4.33. The topological polar surface area (TPSA) is 73.4 Å². The lowest BCUT2D eigenvalue weighted by atomic mass is 10.0. The van der Waals surface area contributed by atoms with Gasteiger partial charge < -0.3 is 10.6 Å². The second kappa shape index (κ2) is 7.13. The number of hydrogen-bond donors (Lipinski definition) is 1. The highest BCUT2D eigenvalue weighted by Gasteiger charge is 2.50. The van der Waals surface area contributed by atoms with Crippen molar-refractivity contribution in [1.29, 1.82) is 5.26 Å². The Labute approximate surface area is 171 Å². The van der Waals surface area contributed by atoms with Gasteiger partial charge in [-0.05, 0) is 62.0 Å². The van der Waals surface area contributed by atoms with E-state index in [1.165, 1.54) is 12.1 Å². The average Bonchev–Trinajstić information content (AvgIpc) is 2.85. The van der Waals surface area contributed by atoms with Crippen LogP contribution in [0.25, 0.3) is 0 Å². The highest BCUT2D eigenvalue weighted by molar-refractivity contribution is 7.81. The average molecular weight is 418 g/mol. The third-order valence-corrected chi connectivity index (χ3v) is 5.15. The Hall–Kier alpha value is -2.96. The highest BCUT2D eigenvalue weighted by Crippen LogP contribution is 2.39. The number of halogens is 3. The number of alkyl halides is 3. The predicted molar refractivity (Wildman–Crippen MR) is 107 cm³/mol. The number of amides is 1. The molecule has 0 atom stereocenters. The van der Waals surface area contributed by atoms with Crippen LogP contribution in [0, 0.1) is 11.3 Å². The summed E-state index contributed by atoms with van der Waals surface area (Å²) >= 11 is 5.47. The number of nitrogens with zero attached hydrogens (tertiary/aromatic N) is 3. The summed E-state index contributed by atoms with van der Waals surface area (Å²) in [6.07, 6.45) is -4.74. The molecular formula is C20H17F3N4OS. The first-order chi connectivity index (χ1) is 13.5. The van der Waals surface area contributed by atoms with E-state index in [1.54, 1.807) is 43.0 Å². The maximum Gasteiger partial charge on any atom is 0.417 e. The lowest BCUT2D eigenvalue weighted by Gasteiger charge is -2.29. The highest BCUT2D eigenvalue weighted by atomic mass is 32.1. The van der Waals surface area contributed by atoms with Crippen molar-refractivity contribution in [3.05, 3.63) is 59.2 Å². The zero-order valence-corrected chi connectivity index (χ0v) is 16.4. The van der Waals surface area contributed by atoms with Crippen LogP contribution in [0.3, 0.4) is 0 Å². The van der Waals surface area contributed by atoms with Crippen LogP contribution < -0.4 is 15.5 Å². The zero-order valence-electron chi connectivity index (χ0n) is 15.6. The number of nitriles is 1. The molecule has 0 aliphatic carbocycles. The molecule has 0 spiro atoms. The van der Waals surface area contributed by atoms with Crippen molar-refractivity contribution in [3.63, 3.8) is 0 Å². The Bertz CT molecular complexity index is 1030. The first-order valence-corrected chi connectivity index (χ1v) is 9.02. The van der Waals surface area contributed by atoms with Crippen LogP contribution in [-0.2, 0) is 17.5 Å². The van der Waals surface area contributed by atoms with E-state index < -0.39 is 28.7 Å². The van der Waals surface area contributed by atoms with Crippen LogP contribution >= 0.6 is 12.2 Å². The number of benzene rings is 2. The van der Waals surface area contributed by atoms with Crippen molar-refractivity contribution in [2.45, 2.75) is 32.1 Å². The first-order valence-electron chi connectivity index (χ1n) is 8.61. The zero-order chi connectivity index (χ0) is 21.6. The number of hydrogen-bond acceptors (Lipinski definition) is 4. The monoisotopic (exact) mass is 418 g/mol. The van der Waals surface area contributed by atoms with Crippen LogP contribution in [0.4, 0.5) is 24.5 Å². The Morgan fingerprint density at radius 1 is 1.14 bits per heavy atom. The summed E-state index contributed by atoms with van der Waals surface area (Å²) < 4.78 is 40.1. The van der Waals surface area contributed by atoms with Gasteiger partial charge in [-0.2, -0.15) is 18.4 Å². The minimum Gasteiger partial charge on any atom is -0.326 e. The molecule has 0 saturated carbocycles. The van der Waals surface area contributed by atoms with Crippen LogP contribution in [0.2, 0.25) is 0 Å². The molecule has 2 aromatic rings. The summed E-state index contributed by atoms with van der Waals surface area (Å²) in [5, 5.41) is 9.04. The molecule has 1 fully saturated rings. The van der Waals surface area contributed by atoms with Crippen molar-refractivity contribution in [2.75, 3.05) is 9.80 Å². The molecule has 1 aliphatic rings. The molecular weight excluding hydrogens is 401 g/mol. The molecule has 150 valence electrons. The van der Waals surface area contributed by atoms with Crippen LogP contribution in [0.15, 0.2) is 42.5 Å². The number of rotatable bonds is 3. The maximum absolute atomic E-state index is 13.4. The first kappa shape index (κ1) is 20.8. The molecule has 1 aliphatic heterocycles. The maximum atomic E-state index is 13.4. The van der Waals surface area contributed by atoms with Crippen molar-refractivity contribution >= 4 is 34.6 Å². The van der Waals surface area contributed by atoms with Crippen molar-refractivity contribution in [3.8, 4) is 6.07 Å². The van der Waals surface area contributed by atoms with Crippen LogP contribution in [0.5, 0.6) is 0 Å². The summed E-state index contributed by atoms with van der Waals surface area (Å²) in [4.78, 5) is 15.8. The van der Waals surface area contributed by atoms with E-state index in [0.29, 0.717) is 12.2 Å². The minimum atomic E-state index is -4.74. The van der Waals surface area contributed by atoms with E-state index in [0.717, 1.165) is 22.6 Å². The summed E-state index contributed by atoms with van der Waals surface area (Å²) in [6, 6.07) is 11.7. The second-order valence-electron chi connectivity index (χ2n) is 7.03. The molecule has 1 amide bonds. The van der Waals surface area contributed by atoms with Gasteiger partial charge in [0.05, 0.1) is 22.9 Å². The number of anilines is 2. The smallest absolute Gasteiger partial charge is 0.326 e. The molecule has 3 rings (SSSR count). The quantitative estimate of drug-likeness (QED) is 0.764. The number of nitrogens with two attached hydrogens (primary N) is 1. The van der Waals surface area contributed by atoms with E-state index >= 15 is 0 Å². The largest absolute Gasteiger partial charge is 0.417 e. The Balaban J connectivity index is 2.09. The van der Waals surface area contributed by atoms with Gasteiger partial charge in [0.25, 0.3) is 5.91 Å². The van der Waals surface area contributed by atoms with Gasteiger partial charge in [0.15, 0.2) is 5.11 Å². The van der Waals surface area contributed by atoms with Gasteiger partial charge in [0.2, 0.25) is 0 Å². The van der Waals surface area contributed by atoms with Gasteiger partial charge in [0, 0.05) is 12.2 Å². The standard InChI is InChI=1S/C20H17F3N4OS/c1-19(2)17(28)26(15-8-5-13(11-25)16(9-15)20(21,22)23)18(29)27(19)14-6-3-12(10-24)4-7-14/h3-9H,10,24H2,1-2H3. The number of carbonyl (C=O) groups is 1. The molecule has 1 heterocycles. The van der Waals surface area contributed by atoms with Crippen molar-refractivity contribution in [2.24, 2.45) is 5.73 Å². The molecule has 0 unspecified atom stereocenters. The molecule has 2 N–H and O–H groups in total. The van der Waals surface area contributed by atoms with Crippen LogP contribution in [-0.4, -0.2) is 16.6 Å². The van der Waals surface area contributed by atoms with Gasteiger partial charge in [-0.3, -0.25) is 9.69 Å². The fourth-order valence-electron chi connectivity index (χ4n) is 3.24. The Kier molecular flexibility index (Phi) is 5.11. The van der Waals surface area contributed by atoms with Gasteiger partial charge in [-0.15, -0.1) is 0 Å². The summed E-state index contributed by atoms with van der Waals surface area (Å²) in [7, 11) is 0. The van der Waals surface area contributed by atoms with Gasteiger partial charge >= 0.3 is 6.18 Å². The van der Waals surface area contributed by atoms with E-state index in [4.69, 9.17) is 23.2 Å². The third-order valence-electron chi connectivity index (χ3n) is 4.79. The van der Waals surface area contributed by atoms with Crippen molar-refractivity contribution < 1.29 is 18.0 Å². The summed E-state index contributed by atoms with van der Waals surface area (Å²) in [5.74, 6) is -0.469. The van der Waals surface area contributed by atoms with E-state index in [-0.39, 0.29) is 10.8 Å². The van der Waals surface area contributed by atoms with Gasteiger partial charge in [-0.25, -0.2) is 0 Å². The van der Waals surface area contributed by atoms with E-state index in [1.807, 2.05) is 0 Å². The van der Waals surface area contributed by atoms with Gasteiger partial charge in [0.1, 0.15) is 5.54 Å². The van der Waals surface area contributed by atoms with E-state index in [9.17, 15) is 18.0 Å². The molecule has 2 aromatic carbocycles. The second-order valence-corrected chi connectivity index (χ2v) is 7.39. The normalized spacial score (nSPS) is 16.3. The molecule has 0 bridgehead atoms.